The number of likely N-dealkylation sites (N-methyl/N-ethyl adjacent to an activating group) is 1. The smallest absolute Gasteiger partial charge is 0.325 e. The summed E-state index contributed by atoms with van der Waals surface area (Å²) in [5, 5.41) is 9.20. The molecule has 4 nitrogen and oxygen atoms in total. The fourth-order valence-electron chi connectivity index (χ4n) is 2.01. The van der Waals surface area contributed by atoms with Crippen molar-refractivity contribution in [2.75, 3.05) is 19.6 Å². The third-order valence-electron chi connectivity index (χ3n) is 3.18. The predicted molar refractivity (Wildman–Crippen MR) is 59.7 cm³/mol. The van der Waals surface area contributed by atoms with Gasteiger partial charge in [0.1, 0.15) is 5.54 Å². The van der Waals surface area contributed by atoms with Gasteiger partial charge in [0.2, 0.25) is 0 Å². The Bertz CT molecular complexity index is 229. The zero-order valence-corrected chi connectivity index (χ0v) is 9.70. The summed E-state index contributed by atoms with van der Waals surface area (Å²) in [4.78, 5) is 13.3. The summed E-state index contributed by atoms with van der Waals surface area (Å²) in [7, 11) is 0. The molecule has 0 amide bonds. The summed E-state index contributed by atoms with van der Waals surface area (Å²) in [5.74, 6) is -0.666. The molecule has 1 saturated carbocycles. The van der Waals surface area contributed by atoms with Crippen LogP contribution in [0.25, 0.3) is 0 Å². The van der Waals surface area contributed by atoms with E-state index in [0.29, 0.717) is 6.54 Å². The molecule has 1 aliphatic carbocycles. The van der Waals surface area contributed by atoms with E-state index >= 15 is 0 Å². The number of hydrogen-bond donors (Lipinski definition) is 2. The Kier molecular flexibility index (Phi) is 4.11. The number of nitrogens with two attached hydrogens (primary N) is 1. The van der Waals surface area contributed by atoms with Gasteiger partial charge in [-0.25, -0.2) is 0 Å². The minimum Gasteiger partial charge on any atom is -0.480 e. The van der Waals surface area contributed by atoms with Crippen LogP contribution in [0.4, 0.5) is 0 Å². The maximum atomic E-state index is 11.2. The van der Waals surface area contributed by atoms with Gasteiger partial charge in [0, 0.05) is 6.54 Å². The summed E-state index contributed by atoms with van der Waals surface area (Å²) in [6.07, 6.45) is 2.97. The van der Waals surface area contributed by atoms with E-state index in [1.807, 2.05) is 6.92 Å². The van der Waals surface area contributed by atoms with Crippen LogP contribution in [-0.4, -0.2) is 41.1 Å². The third kappa shape index (κ3) is 2.92. The standard InChI is InChI=1S/C11H22N2O2/c1-3-7-13(4-2)8-11(12,10(14)15)9-5-6-9/h9H,3-8,12H2,1-2H3,(H,14,15). The highest BCUT2D eigenvalue weighted by Crippen LogP contribution is 2.38. The predicted octanol–water partition coefficient (Wildman–Crippen LogP) is 0.910. The first-order valence-corrected chi connectivity index (χ1v) is 5.79. The lowest BCUT2D eigenvalue weighted by molar-refractivity contribution is -0.145. The van der Waals surface area contributed by atoms with Crippen LogP contribution < -0.4 is 5.73 Å². The van der Waals surface area contributed by atoms with Crippen molar-refractivity contribution in [1.29, 1.82) is 0 Å². The van der Waals surface area contributed by atoms with Crippen molar-refractivity contribution in [2.45, 2.75) is 38.6 Å². The quantitative estimate of drug-likeness (QED) is 0.661. The van der Waals surface area contributed by atoms with Gasteiger partial charge in [-0.1, -0.05) is 13.8 Å². The number of carboxylic acids is 1. The molecule has 1 unspecified atom stereocenters. The maximum Gasteiger partial charge on any atom is 0.325 e. The number of carboxylic acid groups (broad SMARTS) is 1. The second-order valence-electron chi connectivity index (χ2n) is 4.49. The average Bonchev–Trinajstić information content (AvgIpc) is 2.99. The first-order chi connectivity index (χ1) is 7.04. The summed E-state index contributed by atoms with van der Waals surface area (Å²) in [6, 6.07) is 0. The molecule has 0 bridgehead atoms. The van der Waals surface area contributed by atoms with E-state index in [-0.39, 0.29) is 5.92 Å². The Labute approximate surface area is 91.4 Å². The molecular weight excluding hydrogens is 192 g/mol. The Hall–Kier alpha value is -0.610. The zero-order chi connectivity index (χ0) is 11.5. The van der Waals surface area contributed by atoms with E-state index in [0.717, 1.165) is 32.4 Å². The van der Waals surface area contributed by atoms with E-state index in [4.69, 9.17) is 5.73 Å². The molecule has 0 spiro atoms. The SMILES string of the molecule is CCCN(CC)CC(N)(C(=O)O)C1CC1. The van der Waals surface area contributed by atoms with Gasteiger partial charge in [0.15, 0.2) is 0 Å². The molecule has 3 N–H and O–H groups in total. The molecule has 0 saturated heterocycles. The molecule has 0 aromatic heterocycles. The van der Waals surface area contributed by atoms with Crippen molar-refractivity contribution in [3.05, 3.63) is 0 Å². The molecular formula is C11H22N2O2. The number of nitrogens with zero attached hydrogens (tertiary/aromatic N) is 1. The number of carbonyl (C=O) groups is 1. The lowest BCUT2D eigenvalue weighted by Gasteiger charge is -2.31. The van der Waals surface area contributed by atoms with Crippen LogP contribution in [0.1, 0.15) is 33.1 Å². The highest BCUT2D eigenvalue weighted by molar-refractivity contribution is 5.79. The van der Waals surface area contributed by atoms with Crippen molar-refractivity contribution in [1.82, 2.24) is 4.90 Å². The van der Waals surface area contributed by atoms with Gasteiger partial charge < -0.3 is 15.7 Å². The first kappa shape index (κ1) is 12.5. The van der Waals surface area contributed by atoms with E-state index in [1.165, 1.54) is 0 Å². The zero-order valence-electron chi connectivity index (χ0n) is 9.70. The Morgan fingerprint density at radius 2 is 2.13 bits per heavy atom. The molecule has 88 valence electrons. The van der Waals surface area contributed by atoms with Crippen molar-refractivity contribution in [2.24, 2.45) is 11.7 Å². The third-order valence-corrected chi connectivity index (χ3v) is 3.18. The Morgan fingerprint density at radius 3 is 2.47 bits per heavy atom. The van der Waals surface area contributed by atoms with E-state index in [1.54, 1.807) is 0 Å². The van der Waals surface area contributed by atoms with Crippen LogP contribution in [0.2, 0.25) is 0 Å². The maximum absolute atomic E-state index is 11.2. The number of aliphatic carboxylic acids is 1. The summed E-state index contributed by atoms with van der Waals surface area (Å²) in [5.41, 5.74) is 4.99. The van der Waals surface area contributed by atoms with E-state index in [9.17, 15) is 9.90 Å². The van der Waals surface area contributed by atoms with Gasteiger partial charge in [0.05, 0.1) is 0 Å². The van der Waals surface area contributed by atoms with E-state index in [2.05, 4.69) is 11.8 Å². The Morgan fingerprint density at radius 1 is 1.53 bits per heavy atom. The lowest BCUT2D eigenvalue weighted by atomic mass is 9.94. The molecule has 1 aliphatic rings. The van der Waals surface area contributed by atoms with Crippen LogP contribution >= 0.6 is 0 Å². The summed E-state index contributed by atoms with van der Waals surface area (Å²) >= 11 is 0. The van der Waals surface area contributed by atoms with Crippen molar-refractivity contribution in [3.8, 4) is 0 Å². The van der Waals surface area contributed by atoms with Gasteiger partial charge >= 0.3 is 5.97 Å². The van der Waals surface area contributed by atoms with Crippen molar-refractivity contribution < 1.29 is 9.90 Å². The molecule has 1 rings (SSSR count). The highest BCUT2D eigenvalue weighted by Gasteiger charge is 2.48. The Balaban J connectivity index is 2.60. The van der Waals surface area contributed by atoms with E-state index < -0.39 is 11.5 Å². The lowest BCUT2D eigenvalue weighted by Crippen LogP contribution is -2.58. The number of rotatable bonds is 7. The molecule has 0 aromatic rings. The molecule has 0 aromatic carbocycles. The van der Waals surface area contributed by atoms with Crippen LogP contribution in [0.3, 0.4) is 0 Å². The monoisotopic (exact) mass is 214 g/mol. The van der Waals surface area contributed by atoms with Crippen LogP contribution in [0.5, 0.6) is 0 Å². The topological polar surface area (TPSA) is 66.6 Å². The average molecular weight is 214 g/mol. The molecule has 15 heavy (non-hydrogen) atoms. The normalized spacial score (nSPS) is 20.3. The molecule has 0 radical (unpaired) electrons. The summed E-state index contributed by atoms with van der Waals surface area (Å²) in [6.45, 7) is 6.42. The van der Waals surface area contributed by atoms with Crippen molar-refractivity contribution in [3.63, 3.8) is 0 Å². The molecule has 0 heterocycles. The minimum absolute atomic E-state index is 0.181. The van der Waals surface area contributed by atoms with Gasteiger partial charge in [-0.05, 0) is 38.3 Å². The molecule has 0 aliphatic heterocycles. The minimum atomic E-state index is -1.02. The number of hydrogen-bond acceptors (Lipinski definition) is 3. The van der Waals surface area contributed by atoms with Gasteiger partial charge in [-0.15, -0.1) is 0 Å². The van der Waals surface area contributed by atoms with Crippen LogP contribution in [0, 0.1) is 5.92 Å². The van der Waals surface area contributed by atoms with Gasteiger partial charge in [-0.2, -0.15) is 0 Å². The van der Waals surface area contributed by atoms with Crippen LogP contribution in [-0.2, 0) is 4.79 Å². The first-order valence-electron chi connectivity index (χ1n) is 5.79. The summed E-state index contributed by atoms with van der Waals surface area (Å²) < 4.78 is 0. The second kappa shape index (κ2) is 4.94. The van der Waals surface area contributed by atoms with Gasteiger partial charge in [-0.3, -0.25) is 4.79 Å². The fraction of sp³-hybridized carbons (Fsp3) is 0.909. The molecule has 4 heteroatoms. The molecule has 1 atom stereocenters. The molecule has 1 fully saturated rings. The van der Waals surface area contributed by atoms with Crippen LogP contribution in [0.15, 0.2) is 0 Å². The highest BCUT2D eigenvalue weighted by atomic mass is 16.4. The fourth-order valence-corrected chi connectivity index (χ4v) is 2.01. The largest absolute Gasteiger partial charge is 0.480 e. The second-order valence-corrected chi connectivity index (χ2v) is 4.49. The van der Waals surface area contributed by atoms with Crippen molar-refractivity contribution >= 4 is 5.97 Å². The van der Waals surface area contributed by atoms with Gasteiger partial charge in [0.25, 0.3) is 0 Å².